The van der Waals surface area contributed by atoms with Gasteiger partial charge in [0.05, 0.1) is 23.9 Å². The number of amides is 1. The summed E-state index contributed by atoms with van der Waals surface area (Å²) < 4.78 is 10.8. The zero-order valence-electron chi connectivity index (χ0n) is 16.4. The number of hydrogen-bond acceptors (Lipinski definition) is 6. The van der Waals surface area contributed by atoms with Crippen LogP contribution in [-0.2, 0) is 20.7 Å². The van der Waals surface area contributed by atoms with E-state index in [-0.39, 0.29) is 36.2 Å². The van der Waals surface area contributed by atoms with Crippen molar-refractivity contribution in [3.8, 4) is 0 Å². The molecule has 2 heterocycles. The van der Waals surface area contributed by atoms with Crippen molar-refractivity contribution in [2.45, 2.75) is 58.8 Å². The van der Waals surface area contributed by atoms with Crippen LogP contribution in [0.4, 0.5) is 5.95 Å². The molecule has 1 aromatic rings. The fraction of sp³-hybridized carbons (Fsp3) is 0.737. The molecule has 144 valence electrons. The van der Waals surface area contributed by atoms with E-state index in [1.807, 2.05) is 6.20 Å². The number of methoxy groups -OCH3 is 1. The maximum absolute atomic E-state index is 12.0. The van der Waals surface area contributed by atoms with Crippen molar-refractivity contribution in [1.29, 1.82) is 0 Å². The number of aromatic nitrogens is 2. The molecule has 1 saturated heterocycles. The largest absolute Gasteiger partial charge is 0.375 e. The van der Waals surface area contributed by atoms with Crippen LogP contribution in [0.25, 0.3) is 0 Å². The fourth-order valence-corrected chi connectivity index (χ4v) is 4.03. The maximum Gasteiger partial charge on any atom is 0.246 e. The number of morpholine rings is 1. The summed E-state index contributed by atoms with van der Waals surface area (Å²) in [5, 5.41) is 3.07. The van der Waals surface area contributed by atoms with E-state index >= 15 is 0 Å². The monoisotopic (exact) mass is 362 g/mol. The summed E-state index contributed by atoms with van der Waals surface area (Å²) in [6, 6.07) is -0.0759. The van der Waals surface area contributed by atoms with Crippen LogP contribution >= 0.6 is 0 Å². The van der Waals surface area contributed by atoms with Gasteiger partial charge in [-0.15, -0.1) is 0 Å². The van der Waals surface area contributed by atoms with Crippen molar-refractivity contribution in [3.05, 3.63) is 17.5 Å². The number of fused-ring (bicyclic) bond motifs is 1. The molecular formula is C19H30N4O3. The Morgan fingerprint density at radius 3 is 2.73 bits per heavy atom. The van der Waals surface area contributed by atoms with Gasteiger partial charge in [-0.25, -0.2) is 9.97 Å². The van der Waals surface area contributed by atoms with Crippen LogP contribution in [0.2, 0.25) is 0 Å². The molecular weight excluding hydrogens is 332 g/mol. The number of carbonyl (C=O) groups excluding carboxylic acids is 1. The van der Waals surface area contributed by atoms with E-state index in [9.17, 15) is 4.79 Å². The smallest absolute Gasteiger partial charge is 0.246 e. The van der Waals surface area contributed by atoms with Gasteiger partial charge in [-0.2, -0.15) is 0 Å². The van der Waals surface area contributed by atoms with Crippen molar-refractivity contribution in [3.63, 3.8) is 0 Å². The van der Waals surface area contributed by atoms with Gasteiger partial charge in [-0.05, 0) is 32.1 Å². The molecule has 7 nitrogen and oxygen atoms in total. The van der Waals surface area contributed by atoms with Crippen LogP contribution in [0.1, 0.15) is 51.4 Å². The number of nitrogens with one attached hydrogen (secondary N) is 1. The highest BCUT2D eigenvalue weighted by atomic mass is 16.5. The average molecular weight is 362 g/mol. The van der Waals surface area contributed by atoms with E-state index in [0.717, 1.165) is 43.1 Å². The second-order valence-electron chi connectivity index (χ2n) is 8.33. The van der Waals surface area contributed by atoms with E-state index in [1.54, 1.807) is 0 Å². The van der Waals surface area contributed by atoms with Crippen LogP contribution in [0.3, 0.4) is 0 Å². The molecule has 0 radical (unpaired) electrons. The van der Waals surface area contributed by atoms with Crippen LogP contribution < -0.4 is 10.2 Å². The van der Waals surface area contributed by atoms with Gasteiger partial charge < -0.3 is 19.7 Å². The first-order valence-electron chi connectivity index (χ1n) is 9.32. The van der Waals surface area contributed by atoms with Gasteiger partial charge in [-0.3, -0.25) is 4.79 Å². The molecule has 1 amide bonds. The quantitative estimate of drug-likeness (QED) is 0.881. The Hall–Kier alpha value is -1.73. The fourth-order valence-electron chi connectivity index (χ4n) is 4.03. The average Bonchev–Trinajstić information content (AvgIpc) is 2.52. The number of anilines is 1. The summed E-state index contributed by atoms with van der Waals surface area (Å²) in [5.74, 6) is 0.645. The zero-order chi connectivity index (χ0) is 18.9. The summed E-state index contributed by atoms with van der Waals surface area (Å²) in [6.07, 6.45) is 3.95. The van der Waals surface area contributed by atoms with Crippen molar-refractivity contribution in [2.75, 3.05) is 31.7 Å². The van der Waals surface area contributed by atoms with E-state index in [1.165, 1.54) is 7.11 Å². The van der Waals surface area contributed by atoms with Gasteiger partial charge in [0.1, 0.15) is 6.61 Å². The molecule has 2 aliphatic rings. The Morgan fingerprint density at radius 1 is 1.38 bits per heavy atom. The summed E-state index contributed by atoms with van der Waals surface area (Å²) in [5.41, 5.74) is 2.11. The Bertz CT molecular complexity index is 654. The predicted molar refractivity (Wildman–Crippen MR) is 99.1 cm³/mol. The molecule has 3 rings (SSSR count). The molecule has 0 bridgehead atoms. The predicted octanol–water partition coefficient (Wildman–Crippen LogP) is 1.87. The highest BCUT2D eigenvalue weighted by molar-refractivity contribution is 5.77. The van der Waals surface area contributed by atoms with Crippen LogP contribution in [0.5, 0.6) is 0 Å². The lowest BCUT2D eigenvalue weighted by molar-refractivity contribution is -0.125. The third-order valence-electron chi connectivity index (χ3n) is 4.98. The minimum atomic E-state index is -0.110. The van der Waals surface area contributed by atoms with Crippen molar-refractivity contribution in [1.82, 2.24) is 15.3 Å². The van der Waals surface area contributed by atoms with Crippen LogP contribution in [-0.4, -0.2) is 54.9 Å². The lowest BCUT2D eigenvalue weighted by Crippen LogP contribution is -2.46. The molecule has 26 heavy (non-hydrogen) atoms. The van der Waals surface area contributed by atoms with Gasteiger partial charge >= 0.3 is 0 Å². The van der Waals surface area contributed by atoms with Crippen molar-refractivity contribution < 1.29 is 14.3 Å². The molecule has 3 atom stereocenters. The summed E-state index contributed by atoms with van der Waals surface area (Å²) in [4.78, 5) is 23.7. The van der Waals surface area contributed by atoms with Gasteiger partial charge in [0, 0.05) is 32.0 Å². The van der Waals surface area contributed by atoms with Gasteiger partial charge in [0.15, 0.2) is 0 Å². The number of hydrogen-bond donors (Lipinski definition) is 1. The number of rotatable bonds is 4. The van der Waals surface area contributed by atoms with Gasteiger partial charge in [-0.1, -0.05) is 13.8 Å². The Kier molecular flexibility index (Phi) is 5.48. The molecule has 7 heteroatoms. The highest BCUT2D eigenvalue weighted by Gasteiger charge is 2.35. The number of ether oxygens (including phenoxy) is 2. The van der Waals surface area contributed by atoms with Gasteiger partial charge in [0.2, 0.25) is 11.9 Å². The molecule has 1 aromatic heterocycles. The zero-order valence-corrected chi connectivity index (χ0v) is 16.4. The third kappa shape index (κ3) is 4.32. The third-order valence-corrected chi connectivity index (χ3v) is 4.98. The van der Waals surface area contributed by atoms with E-state index in [4.69, 9.17) is 14.5 Å². The molecule has 1 fully saturated rings. The summed E-state index contributed by atoms with van der Waals surface area (Å²) >= 11 is 0. The topological polar surface area (TPSA) is 76.6 Å². The van der Waals surface area contributed by atoms with Crippen LogP contribution in [0, 0.1) is 5.41 Å². The lowest BCUT2D eigenvalue weighted by Gasteiger charge is -2.38. The Morgan fingerprint density at radius 2 is 2.08 bits per heavy atom. The van der Waals surface area contributed by atoms with Gasteiger partial charge in [0.25, 0.3) is 0 Å². The van der Waals surface area contributed by atoms with E-state index < -0.39 is 0 Å². The minimum absolute atomic E-state index is 0.0642. The molecule has 3 unspecified atom stereocenters. The Labute approximate surface area is 155 Å². The SMILES string of the molecule is COCC(=O)NC1CC(C)(C)Cc2nc(N3CC(C)OC(C)C3)ncc21. The summed E-state index contributed by atoms with van der Waals surface area (Å²) in [6.45, 7) is 10.2. The molecule has 1 aliphatic heterocycles. The number of nitrogens with zero attached hydrogens (tertiary/aromatic N) is 3. The first-order chi connectivity index (χ1) is 12.3. The maximum atomic E-state index is 12.0. The molecule has 0 spiro atoms. The highest BCUT2D eigenvalue weighted by Crippen LogP contribution is 2.40. The first-order valence-corrected chi connectivity index (χ1v) is 9.32. The normalized spacial score (nSPS) is 27.7. The minimum Gasteiger partial charge on any atom is -0.375 e. The first kappa shape index (κ1) is 19.0. The van der Waals surface area contributed by atoms with Crippen LogP contribution in [0.15, 0.2) is 6.20 Å². The van der Waals surface area contributed by atoms with E-state index in [2.05, 4.69) is 42.9 Å². The van der Waals surface area contributed by atoms with Crippen molar-refractivity contribution in [2.24, 2.45) is 5.41 Å². The molecule has 0 saturated carbocycles. The second-order valence-corrected chi connectivity index (χ2v) is 8.33. The summed E-state index contributed by atoms with van der Waals surface area (Å²) in [7, 11) is 1.53. The molecule has 1 aliphatic carbocycles. The molecule has 0 aromatic carbocycles. The van der Waals surface area contributed by atoms with Crippen molar-refractivity contribution >= 4 is 11.9 Å². The standard InChI is InChI=1S/C19H30N4O3/c1-12-9-23(10-13(2)26-12)18-20-8-14-15(21-17(24)11-25-5)6-19(3,4)7-16(14)22-18/h8,12-13,15H,6-7,9-11H2,1-5H3,(H,21,24). The lowest BCUT2D eigenvalue weighted by atomic mass is 9.74. The number of carbonyl (C=O) groups is 1. The van der Waals surface area contributed by atoms with E-state index in [0.29, 0.717) is 0 Å². The Balaban J connectivity index is 1.85. The second kappa shape index (κ2) is 7.48. The molecule has 1 N–H and O–H groups in total.